The summed E-state index contributed by atoms with van der Waals surface area (Å²) in [5, 5.41) is 21.8. The lowest BCUT2D eigenvalue weighted by atomic mass is 10.1. The number of hydrogen-bond donors (Lipinski definition) is 1. The molecule has 2 aromatic rings. The van der Waals surface area contributed by atoms with Gasteiger partial charge in [0.1, 0.15) is 11.4 Å². The molecule has 1 atom stereocenters. The van der Waals surface area contributed by atoms with Gasteiger partial charge < -0.3 is 5.11 Å². The summed E-state index contributed by atoms with van der Waals surface area (Å²) in [5.41, 5.74) is -2.88. The van der Waals surface area contributed by atoms with Crippen LogP contribution in [0.5, 0.6) is 0 Å². The summed E-state index contributed by atoms with van der Waals surface area (Å²) in [6.07, 6.45) is -3.20. The van der Waals surface area contributed by atoms with Gasteiger partial charge in [-0.05, 0) is 24.3 Å². The number of pyridine rings is 1. The lowest BCUT2D eigenvalue weighted by molar-refractivity contribution is -0.254. The van der Waals surface area contributed by atoms with Crippen LogP contribution in [-0.2, 0) is 0 Å². The minimum Gasteiger partial charge on any atom is -0.362 e. The van der Waals surface area contributed by atoms with Gasteiger partial charge in [-0.25, -0.2) is 5.01 Å². The molecule has 0 bridgehead atoms. The Bertz CT molecular complexity index is 752. The summed E-state index contributed by atoms with van der Waals surface area (Å²) in [7, 11) is 0. The number of nitrogens with zero attached hydrogens (tertiary/aromatic N) is 5. The summed E-state index contributed by atoms with van der Waals surface area (Å²) in [6.45, 7) is 0. The minimum absolute atomic E-state index is 0.0438. The summed E-state index contributed by atoms with van der Waals surface area (Å²) >= 11 is 5.65. The van der Waals surface area contributed by atoms with Crippen molar-refractivity contribution in [2.75, 3.05) is 5.01 Å². The highest BCUT2D eigenvalue weighted by Gasteiger charge is 2.60. The normalized spacial score (nSPS) is 21.0. The van der Waals surface area contributed by atoms with E-state index in [1.165, 1.54) is 30.5 Å². The second kappa shape index (κ2) is 5.43. The van der Waals surface area contributed by atoms with E-state index in [4.69, 9.17) is 11.6 Å². The molecule has 3 rings (SSSR count). The summed E-state index contributed by atoms with van der Waals surface area (Å²) < 4.78 is 39.7. The van der Waals surface area contributed by atoms with E-state index in [-0.39, 0.29) is 22.2 Å². The van der Waals surface area contributed by atoms with Gasteiger partial charge in [0.05, 0.1) is 5.69 Å². The van der Waals surface area contributed by atoms with Crippen molar-refractivity contribution in [1.82, 2.24) is 15.2 Å². The third-order valence-corrected chi connectivity index (χ3v) is 3.47. The van der Waals surface area contributed by atoms with Gasteiger partial charge in [0.2, 0.25) is 0 Å². The van der Waals surface area contributed by atoms with Crippen molar-refractivity contribution < 1.29 is 18.3 Å². The van der Waals surface area contributed by atoms with E-state index in [0.717, 1.165) is 6.21 Å². The molecule has 0 saturated carbocycles. The fraction of sp³-hybridized carbons (Fsp3) is 0.231. The molecule has 1 aliphatic rings. The number of aromatic nitrogens is 3. The van der Waals surface area contributed by atoms with Gasteiger partial charge >= 0.3 is 6.18 Å². The van der Waals surface area contributed by atoms with Gasteiger partial charge in [-0.3, -0.25) is 4.98 Å². The molecule has 0 aromatic carbocycles. The topological polar surface area (TPSA) is 74.5 Å². The van der Waals surface area contributed by atoms with Crippen molar-refractivity contribution in [3.8, 4) is 11.4 Å². The maximum atomic E-state index is 13.2. The molecule has 2 aromatic heterocycles. The van der Waals surface area contributed by atoms with E-state index >= 15 is 0 Å². The van der Waals surface area contributed by atoms with Crippen molar-refractivity contribution in [2.24, 2.45) is 5.10 Å². The van der Waals surface area contributed by atoms with Crippen molar-refractivity contribution in [3.63, 3.8) is 0 Å². The van der Waals surface area contributed by atoms with Crippen LogP contribution in [0, 0.1) is 0 Å². The highest BCUT2D eigenvalue weighted by Crippen LogP contribution is 2.43. The van der Waals surface area contributed by atoms with Crippen LogP contribution in [0.15, 0.2) is 35.6 Å². The molecule has 0 saturated heterocycles. The second-order valence-electron chi connectivity index (χ2n) is 4.74. The van der Waals surface area contributed by atoms with Crippen LogP contribution in [0.4, 0.5) is 18.9 Å². The zero-order valence-corrected chi connectivity index (χ0v) is 12.1. The Balaban J connectivity index is 2.11. The summed E-state index contributed by atoms with van der Waals surface area (Å²) in [4.78, 5) is 4.03. The van der Waals surface area contributed by atoms with Gasteiger partial charge in [0.25, 0.3) is 5.72 Å². The SMILES string of the molecule is OC1(C(F)(F)F)CC=NN1c1cccnc1-c1ccc(Cl)nn1. The molecule has 3 heterocycles. The lowest BCUT2D eigenvalue weighted by Crippen LogP contribution is -2.55. The number of alkyl halides is 3. The van der Waals surface area contributed by atoms with Gasteiger partial charge in [-0.2, -0.15) is 18.3 Å². The molecule has 120 valence electrons. The van der Waals surface area contributed by atoms with Crippen LogP contribution in [0.1, 0.15) is 6.42 Å². The van der Waals surface area contributed by atoms with E-state index in [0.29, 0.717) is 5.01 Å². The Morgan fingerprint density at radius 2 is 2.00 bits per heavy atom. The van der Waals surface area contributed by atoms with Gasteiger partial charge in [-0.15, -0.1) is 10.2 Å². The van der Waals surface area contributed by atoms with Crippen LogP contribution >= 0.6 is 11.6 Å². The first kappa shape index (κ1) is 15.6. The largest absolute Gasteiger partial charge is 0.438 e. The first-order valence-corrected chi connectivity index (χ1v) is 6.77. The molecular formula is C13H9ClF3N5O. The third-order valence-electron chi connectivity index (χ3n) is 3.27. The first-order valence-electron chi connectivity index (χ1n) is 6.39. The second-order valence-corrected chi connectivity index (χ2v) is 5.13. The van der Waals surface area contributed by atoms with Crippen molar-refractivity contribution in [3.05, 3.63) is 35.6 Å². The molecule has 0 spiro atoms. The molecular weight excluding hydrogens is 335 g/mol. The molecule has 0 aliphatic carbocycles. The van der Waals surface area contributed by atoms with E-state index in [2.05, 4.69) is 20.3 Å². The Kier molecular flexibility index (Phi) is 3.69. The average molecular weight is 344 g/mol. The smallest absolute Gasteiger partial charge is 0.362 e. The monoisotopic (exact) mass is 343 g/mol. The number of aliphatic hydroxyl groups is 1. The Hall–Kier alpha value is -2.26. The molecule has 23 heavy (non-hydrogen) atoms. The van der Waals surface area contributed by atoms with Gasteiger partial charge in [0.15, 0.2) is 5.15 Å². The number of halogens is 4. The zero-order chi connectivity index (χ0) is 16.7. The molecule has 6 nitrogen and oxygen atoms in total. The van der Waals surface area contributed by atoms with Crippen molar-refractivity contribution >= 4 is 23.5 Å². The molecule has 0 radical (unpaired) electrons. The molecule has 1 unspecified atom stereocenters. The fourth-order valence-corrected chi connectivity index (χ4v) is 2.24. The number of hydrogen-bond acceptors (Lipinski definition) is 6. The van der Waals surface area contributed by atoms with Crippen LogP contribution in [0.2, 0.25) is 5.15 Å². The number of anilines is 1. The van der Waals surface area contributed by atoms with E-state index in [1.54, 1.807) is 0 Å². The zero-order valence-electron chi connectivity index (χ0n) is 11.4. The van der Waals surface area contributed by atoms with Gasteiger partial charge in [0, 0.05) is 18.8 Å². The average Bonchev–Trinajstić information content (AvgIpc) is 2.91. The van der Waals surface area contributed by atoms with Crippen LogP contribution in [0.3, 0.4) is 0 Å². The number of rotatable bonds is 2. The van der Waals surface area contributed by atoms with Gasteiger partial charge in [-0.1, -0.05) is 11.6 Å². The Morgan fingerprint density at radius 1 is 1.22 bits per heavy atom. The maximum absolute atomic E-state index is 13.2. The maximum Gasteiger partial charge on any atom is 0.438 e. The predicted molar refractivity (Wildman–Crippen MR) is 76.9 cm³/mol. The van der Waals surface area contributed by atoms with E-state index in [1.807, 2.05) is 0 Å². The van der Waals surface area contributed by atoms with Crippen LogP contribution < -0.4 is 5.01 Å². The van der Waals surface area contributed by atoms with Crippen LogP contribution in [-0.4, -0.2) is 38.4 Å². The highest BCUT2D eigenvalue weighted by molar-refractivity contribution is 6.29. The minimum atomic E-state index is -4.90. The molecule has 0 amide bonds. The predicted octanol–water partition coefficient (Wildman–Crippen LogP) is 2.64. The van der Waals surface area contributed by atoms with Crippen LogP contribution in [0.25, 0.3) is 11.4 Å². The lowest BCUT2D eigenvalue weighted by Gasteiger charge is -2.34. The molecule has 1 aliphatic heterocycles. The van der Waals surface area contributed by atoms with E-state index < -0.39 is 18.3 Å². The van der Waals surface area contributed by atoms with Crippen molar-refractivity contribution in [2.45, 2.75) is 18.3 Å². The Labute approximate surface area is 133 Å². The summed E-state index contributed by atoms with van der Waals surface area (Å²) in [6, 6.07) is 5.70. The van der Waals surface area contributed by atoms with Crippen molar-refractivity contribution in [1.29, 1.82) is 0 Å². The quantitative estimate of drug-likeness (QED) is 0.907. The summed E-state index contributed by atoms with van der Waals surface area (Å²) in [5.74, 6) is 0. The highest BCUT2D eigenvalue weighted by atomic mass is 35.5. The Morgan fingerprint density at radius 3 is 2.65 bits per heavy atom. The molecule has 10 heteroatoms. The number of hydrazone groups is 1. The standard InChI is InChI=1S/C13H9ClF3N5O/c14-10-4-3-8(20-21-10)11-9(2-1-6-18-11)22-12(23,5-7-19-22)13(15,16)17/h1-4,6-7,23H,5H2. The molecule has 0 fully saturated rings. The molecule has 1 N–H and O–H groups in total. The van der Waals surface area contributed by atoms with E-state index in [9.17, 15) is 18.3 Å². The fourth-order valence-electron chi connectivity index (χ4n) is 2.14. The first-order chi connectivity index (χ1) is 10.8. The third kappa shape index (κ3) is 2.62.